The van der Waals surface area contributed by atoms with Gasteiger partial charge in [0.05, 0.1) is 10.6 Å². The van der Waals surface area contributed by atoms with Crippen LogP contribution in [0, 0.1) is 0 Å². The summed E-state index contributed by atoms with van der Waals surface area (Å²) < 4.78 is 33.6. The second-order valence-electron chi connectivity index (χ2n) is 6.60. The molecule has 1 aliphatic rings. The highest BCUT2D eigenvalue weighted by Crippen LogP contribution is 2.45. The lowest BCUT2D eigenvalue weighted by molar-refractivity contribution is -0.286. The Bertz CT molecular complexity index is 1010. The summed E-state index contributed by atoms with van der Waals surface area (Å²) in [5.41, 5.74) is 1.39. The number of fused-ring (bicyclic) bond motifs is 1. The third kappa shape index (κ3) is 6.26. The minimum absolute atomic E-state index is 0.0171. The fraction of sp³-hybridized carbons (Fsp3) is 0.182. The molecular formula is C22H20F2N2O4S. The molecule has 1 atom stereocenters. The molecule has 1 aliphatic heterocycles. The monoisotopic (exact) mass is 446 g/mol. The highest BCUT2D eigenvalue weighted by atomic mass is 32.1. The number of alkyl halides is 2. The molecule has 6 nitrogen and oxygen atoms in total. The highest BCUT2D eigenvalue weighted by Gasteiger charge is 2.44. The number of halogens is 2. The second-order valence-corrected chi connectivity index (χ2v) is 7.55. The second kappa shape index (κ2) is 10.0. The molecule has 1 aromatic heterocycles. The fourth-order valence-electron chi connectivity index (χ4n) is 2.87. The molecular weight excluding hydrogens is 426 g/mol. The molecule has 4 rings (SSSR count). The summed E-state index contributed by atoms with van der Waals surface area (Å²) in [6.07, 6.45) is -2.43. The molecule has 1 unspecified atom stereocenters. The Morgan fingerprint density at radius 1 is 1.10 bits per heavy atom. The first-order valence-electron chi connectivity index (χ1n) is 9.35. The van der Waals surface area contributed by atoms with E-state index >= 15 is 0 Å². The van der Waals surface area contributed by atoms with Crippen LogP contribution in [0.15, 0.2) is 66.0 Å². The van der Waals surface area contributed by atoms with E-state index in [0.29, 0.717) is 6.41 Å². The van der Waals surface area contributed by atoms with Gasteiger partial charge in [-0.1, -0.05) is 42.5 Å². The van der Waals surface area contributed by atoms with E-state index < -0.39 is 6.29 Å². The Morgan fingerprint density at radius 3 is 2.55 bits per heavy atom. The molecule has 2 heterocycles. The Kier molecular flexibility index (Phi) is 7.19. The predicted octanol–water partition coefficient (Wildman–Crippen LogP) is 4.69. The largest absolute Gasteiger partial charge is 0.586 e. The smallest absolute Gasteiger partial charge is 0.395 e. The zero-order chi connectivity index (χ0) is 22.3. The molecule has 162 valence electrons. The molecule has 0 saturated heterocycles. The van der Waals surface area contributed by atoms with Crippen LogP contribution in [-0.2, 0) is 11.2 Å². The number of hydrogen-bond donors (Lipinski definition) is 2. The minimum atomic E-state index is -3.66. The van der Waals surface area contributed by atoms with Gasteiger partial charge in [-0.15, -0.1) is 20.1 Å². The van der Waals surface area contributed by atoms with E-state index in [2.05, 4.69) is 32.2 Å². The van der Waals surface area contributed by atoms with Crippen molar-refractivity contribution in [3.8, 4) is 11.5 Å². The Labute approximate surface area is 181 Å². The van der Waals surface area contributed by atoms with Gasteiger partial charge in [0.15, 0.2) is 11.5 Å². The van der Waals surface area contributed by atoms with Crippen molar-refractivity contribution in [1.82, 2.24) is 5.32 Å². The van der Waals surface area contributed by atoms with Gasteiger partial charge in [0, 0.05) is 6.04 Å². The van der Waals surface area contributed by atoms with E-state index in [1.165, 1.54) is 35.1 Å². The summed E-state index contributed by atoms with van der Waals surface area (Å²) in [5, 5.41) is 7.14. The zero-order valence-electron chi connectivity index (χ0n) is 16.5. The van der Waals surface area contributed by atoms with E-state index in [4.69, 9.17) is 0 Å². The summed E-state index contributed by atoms with van der Waals surface area (Å²) in [5.74, 6) is -0.241. The lowest BCUT2D eigenvalue weighted by atomic mass is 10.1. The van der Waals surface area contributed by atoms with Crippen molar-refractivity contribution in [2.24, 2.45) is 0 Å². The molecule has 2 amide bonds. The highest BCUT2D eigenvalue weighted by molar-refractivity contribution is 7.12. The molecule has 0 bridgehead atoms. The lowest BCUT2D eigenvalue weighted by Crippen LogP contribution is -2.33. The summed E-state index contributed by atoms with van der Waals surface area (Å²) in [6, 6.07) is 18.3. The number of hydrogen-bond acceptors (Lipinski definition) is 5. The molecule has 0 radical (unpaired) electrons. The number of anilines is 1. The van der Waals surface area contributed by atoms with Gasteiger partial charge in [-0.2, -0.15) is 0 Å². The summed E-state index contributed by atoms with van der Waals surface area (Å²) in [6.45, 7) is 2.03. The summed E-state index contributed by atoms with van der Waals surface area (Å²) >= 11 is 1.47. The Balaban J connectivity index is 0.000000179. The number of nitrogens with one attached hydrogen (secondary N) is 2. The van der Waals surface area contributed by atoms with Crippen LogP contribution in [-0.4, -0.2) is 24.7 Å². The fourth-order valence-corrected chi connectivity index (χ4v) is 3.49. The first-order chi connectivity index (χ1) is 14.9. The maximum atomic E-state index is 12.6. The van der Waals surface area contributed by atoms with Gasteiger partial charge < -0.3 is 20.1 Å². The lowest BCUT2D eigenvalue weighted by Gasteiger charge is -2.13. The van der Waals surface area contributed by atoms with E-state index in [0.717, 1.165) is 11.3 Å². The summed E-state index contributed by atoms with van der Waals surface area (Å²) in [4.78, 5) is 22.7. The van der Waals surface area contributed by atoms with Crippen molar-refractivity contribution in [1.29, 1.82) is 0 Å². The van der Waals surface area contributed by atoms with Gasteiger partial charge in [-0.05, 0) is 42.5 Å². The molecule has 2 aromatic carbocycles. The van der Waals surface area contributed by atoms with Crippen molar-refractivity contribution < 1.29 is 27.8 Å². The SMILES string of the molecule is CC(Cc1ccccc1)NC(=O)c1cccs1.O=CNc1cccc2c1OC(F)(F)O2. The van der Waals surface area contributed by atoms with Gasteiger partial charge in [0.1, 0.15) is 0 Å². The molecule has 0 spiro atoms. The van der Waals surface area contributed by atoms with Gasteiger partial charge in [0.2, 0.25) is 6.41 Å². The maximum Gasteiger partial charge on any atom is 0.586 e. The number of amides is 2. The molecule has 3 aromatic rings. The Hall–Kier alpha value is -3.46. The van der Waals surface area contributed by atoms with E-state index in [1.807, 2.05) is 42.6 Å². The first kappa shape index (κ1) is 22.2. The van der Waals surface area contributed by atoms with Crippen LogP contribution < -0.4 is 20.1 Å². The van der Waals surface area contributed by atoms with Crippen molar-refractivity contribution in [3.05, 3.63) is 76.5 Å². The average Bonchev–Trinajstić information content (AvgIpc) is 3.36. The molecule has 0 aliphatic carbocycles. The van der Waals surface area contributed by atoms with E-state index in [9.17, 15) is 18.4 Å². The zero-order valence-corrected chi connectivity index (χ0v) is 17.3. The molecule has 0 fully saturated rings. The van der Waals surface area contributed by atoms with E-state index in [1.54, 1.807) is 0 Å². The normalized spacial score (nSPS) is 14.0. The topological polar surface area (TPSA) is 76.7 Å². The van der Waals surface area contributed by atoms with Gasteiger partial charge >= 0.3 is 6.29 Å². The van der Waals surface area contributed by atoms with Crippen LogP contribution in [0.2, 0.25) is 0 Å². The van der Waals surface area contributed by atoms with Crippen LogP contribution in [0.5, 0.6) is 11.5 Å². The molecule has 9 heteroatoms. The first-order valence-corrected chi connectivity index (χ1v) is 10.2. The number of ether oxygens (including phenoxy) is 2. The van der Waals surface area contributed by atoms with Crippen molar-refractivity contribution in [2.75, 3.05) is 5.32 Å². The van der Waals surface area contributed by atoms with Crippen LogP contribution in [0.3, 0.4) is 0 Å². The molecule has 0 saturated carbocycles. The third-order valence-corrected chi connectivity index (χ3v) is 5.02. The van der Waals surface area contributed by atoms with Crippen LogP contribution in [0.1, 0.15) is 22.2 Å². The molecule has 31 heavy (non-hydrogen) atoms. The third-order valence-electron chi connectivity index (χ3n) is 4.15. The predicted molar refractivity (Wildman–Crippen MR) is 114 cm³/mol. The van der Waals surface area contributed by atoms with Crippen LogP contribution >= 0.6 is 11.3 Å². The number of thiophene rings is 1. The molecule has 2 N–H and O–H groups in total. The maximum absolute atomic E-state index is 12.6. The number of carbonyl (C=O) groups is 2. The van der Waals surface area contributed by atoms with Gasteiger partial charge in [-0.25, -0.2) is 0 Å². The van der Waals surface area contributed by atoms with E-state index in [-0.39, 0.29) is 29.1 Å². The number of benzene rings is 2. The van der Waals surface area contributed by atoms with Gasteiger partial charge in [0.25, 0.3) is 5.91 Å². The summed E-state index contributed by atoms with van der Waals surface area (Å²) in [7, 11) is 0. The minimum Gasteiger partial charge on any atom is -0.395 e. The van der Waals surface area contributed by atoms with Crippen LogP contribution in [0.25, 0.3) is 0 Å². The van der Waals surface area contributed by atoms with Crippen molar-refractivity contribution in [2.45, 2.75) is 25.7 Å². The van der Waals surface area contributed by atoms with Crippen molar-refractivity contribution >= 4 is 29.3 Å². The van der Waals surface area contributed by atoms with Gasteiger partial charge in [-0.3, -0.25) is 9.59 Å². The Morgan fingerprint density at radius 2 is 1.87 bits per heavy atom. The van der Waals surface area contributed by atoms with Crippen LogP contribution in [0.4, 0.5) is 14.5 Å². The van der Waals surface area contributed by atoms with Crippen molar-refractivity contribution in [3.63, 3.8) is 0 Å². The number of rotatable bonds is 6. The quantitative estimate of drug-likeness (QED) is 0.539. The standard InChI is InChI=1S/C14H15NOS.C8H5F2NO3/c1-11(10-12-6-3-2-4-7-12)15-14(16)13-8-5-9-17-13;9-8(10)13-6-3-1-2-5(11-4-12)7(6)14-8/h2-9,11H,10H2,1H3,(H,15,16);1-4H,(H,11,12). The number of carbonyl (C=O) groups excluding carboxylic acids is 2. The number of para-hydroxylation sites is 1. The average molecular weight is 446 g/mol.